The van der Waals surface area contributed by atoms with E-state index in [2.05, 4.69) is 5.32 Å². The second-order valence-corrected chi connectivity index (χ2v) is 11.9. The highest BCUT2D eigenvalue weighted by Gasteiger charge is 2.32. The molecule has 1 N–H and O–H groups in total. The van der Waals surface area contributed by atoms with E-state index < -0.39 is 28.5 Å². The third-order valence-electron chi connectivity index (χ3n) is 6.33. The van der Waals surface area contributed by atoms with Crippen molar-refractivity contribution >= 4 is 27.5 Å². The van der Waals surface area contributed by atoms with Crippen LogP contribution in [0.15, 0.2) is 83.8 Å². The van der Waals surface area contributed by atoms with Crippen molar-refractivity contribution in [2.75, 3.05) is 24.0 Å². The van der Waals surface area contributed by atoms with Crippen LogP contribution < -0.4 is 14.4 Å². The molecule has 0 spiro atoms. The second kappa shape index (κ2) is 14.0. The Morgan fingerprint density at radius 1 is 0.925 bits per heavy atom. The van der Waals surface area contributed by atoms with Crippen LogP contribution in [-0.2, 0) is 26.2 Å². The first-order chi connectivity index (χ1) is 19.0. The monoisotopic (exact) mass is 565 g/mol. The number of carbonyl (C=O) groups excluding carboxylic acids is 2. The molecular formula is C31H39N3O5S. The molecule has 0 fully saturated rings. The standard InChI is InChI=1S/C31H39N3O5S/c1-6-39-28-15-17-29(18-16-28)40(37,38)34(27-13-8-7-9-14-27)22-30(35)33(21-26-12-10-11-24(4)19-26)25(5)31(36)32-20-23(2)3/h7-19,23,25H,6,20-22H2,1-5H3,(H,32,36). The van der Waals surface area contributed by atoms with Gasteiger partial charge in [0.2, 0.25) is 11.8 Å². The maximum atomic E-state index is 13.9. The van der Waals surface area contributed by atoms with Crippen LogP contribution in [-0.4, -0.2) is 50.9 Å². The summed E-state index contributed by atoms with van der Waals surface area (Å²) in [6, 6.07) is 21.5. The normalized spacial score (nSPS) is 12.1. The summed E-state index contributed by atoms with van der Waals surface area (Å²) in [5.41, 5.74) is 2.21. The van der Waals surface area contributed by atoms with E-state index in [-0.39, 0.29) is 23.3 Å². The molecule has 0 aromatic heterocycles. The van der Waals surface area contributed by atoms with Crippen LogP contribution in [0.2, 0.25) is 0 Å². The molecule has 40 heavy (non-hydrogen) atoms. The fraction of sp³-hybridized carbons (Fsp3) is 0.355. The van der Waals surface area contributed by atoms with E-state index in [1.807, 2.05) is 52.0 Å². The number of hydrogen-bond donors (Lipinski definition) is 1. The van der Waals surface area contributed by atoms with E-state index in [0.29, 0.717) is 24.6 Å². The molecule has 3 rings (SSSR count). The molecule has 3 aromatic rings. The molecule has 214 valence electrons. The molecule has 0 heterocycles. The maximum Gasteiger partial charge on any atom is 0.264 e. The number of hydrogen-bond acceptors (Lipinski definition) is 5. The molecule has 1 atom stereocenters. The maximum absolute atomic E-state index is 13.9. The summed E-state index contributed by atoms with van der Waals surface area (Å²) in [4.78, 5) is 28.5. The second-order valence-electron chi connectivity index (χ2n) is 10.1. The fourth-order valence-corrected chi connectivity index (χ4v) is 5.58. The van der Waals surface area contributed by atoms with Crippen molar-refractivity contribution in [1.29, 1.82) is 0 Å². The summed E-state index contributed by atoms with van der Waals surface area (Å²) in [6.45, 7) is 10.0. The van der Waals surface area contributed by atoms with Crippen LogP contribution >= 0.6 is 0 Å². The lowest BCUT2D eigenvalue weighted by Crippen LogP contribution is -2.51. The molecule has 0 radical (unpaired) electrons. The quantitative estimate of drug-likeness (QED) is 0.322. The van der Waals surface area contributed by atoms with Gasteiger partial charge in [-0.25, -0.2) is 8.42 Å². The van der Waals surface area contributed by atoms with E-state index in [1.165, 1.54) is 17.0 Å². The van der Waals surface area contributed by atoms with Crippen LogP contribution in [0.3, 0.4) is 0 Å². The van der Waals surface area contributed by atoms with Crippen LogP contribution in [0.5, 0.6) is 5.75 Å². The van der Waals surface area contributed by atoms with E-state index >= 15 is 0 Å². The van der Waals surface area contributed by atoms with Crippen LogP contribution in [0.1, 0.15) is 38.8 Å². The number of rotatable bonds is 13. The summed E-state index contributed by atoms with van der Waals surface area (Å²) >= 11 is 0. The molecule has 3 aromatic carbocycles. The van der Waals surface area contributed by atoms with Gasteiger partial charge < -0.3 is 15.0 Å². The lowest BCUT2D eigenvalue weighted by Gasteiger charge is -2.32. The number of benzene rings is 3. The van der Waals surface area contributed by atoms with Gasteiger partial charge in [0, 0.05) is 13.1 Å². The Kier molecular flexibility index (Phi) is 10.7. The van der Waals surface area contributed by atoms with Gasteiger partial charge in [0.05, 0.1) is 17.2 Å². The lowest BCUT2D eigenvalue weighted by molar-refractivity contribution is -0.139. The lowest BCUT2D eigenvalue weighted by atomic mass is 10.1. The summed E-state index contributed by atoms with van der Waals surface area (Å²) < 4.78 is 34.3. The van der Waals surface area contributed by atoms with Gasteiger partial charge in [-0.15, -0.1) is 0 Å². The predicted molar refractivity (Wildman–Crippen MR) is 158 cm³/mol. The minimum Gasteiger partial charge on any atom is -0.494 e. The number of aryl methyl sites for hydroxylation is 1. The largest absolute Gasteiger partial charge is 0.494 e. The smallest absolute Gasteiger partial charge is 0.264 e. The zero-order valence-corrected chi connectivity index (χ0v) is 24.6. The molecule has 9 heteroatoms. The zero-order chi connectivity index (χ0) is 29.3. The van der Waals surface area contributed by atoms with E-state index in [1.54, 1.807) is 49.4 Å². The first-order valence-corrected chi connectivity index (χ1v) is 14.9. The molecule has 0 saturated heterocycles. The van der Waals surface area contributed by atoms with Crippen molar-refractivity contribution < 1.29 is 22.7 Å². The van der Waals surface area contributed by atoms with Gasteiger partial charge in [-0.1, -0.05) is 61.9 Å². The SMILES string of the molecule is CCOc1ccc(S(=O)(=O)N(CC(=O)N(Cc2cccc(C)c2)C(C)C(=O)NCC(C)C)c2ccccc2)cc1. The topological polar surface area (TPSA) is 96.0 Å². The van der Waals surface area contributed by atoms with Crippen LogP contribution in [0, 0.1) is 12.8 Å². The molecular weight excluding hydrogens is 526 g/mol. The number of nitrogens with one attached hydrogen (secondary N) is 1. The number of nitrogens with zero attached hydrogens (tertiary/aromatic N) is 2. The Morgan fingerprint density at radius 3 is 2.20 bits per heavy atom. The van der Waals surface area contributed by atoms with Crippen molar-refractivity contribution in [3.05, 3.63) is 90.0 Å². The number of sulfonamides is 1. The van der Waals surface area contributed by atoms with E-state index in [4.69, 9.17) is 4.74 Å². The first kappa shape index (κ1) is 30.7. The molecule has 8 nitrogen and oxygen atoms in total. The van der Waals surface area contributed by atoms with Crippen molar-refractivity contribution in [2.24, 2.45) is 5.92 Å². The summed E-state index contributed by atoms with van der Waals surface area (Å²) in [6.07, 6.45) is 0. The predicted octanol–water partition coefficient (Wildman–Crippen LogP) is 4.78. The Morgan fingerprint density at radius 2 is 1.60 bits per heavy atom. The van der Waals surface area contributed by atoms with Crippen molar-refractivity contribution in [1.82, 2.24) is 10.2 Å². The van der Waals surface area contributed by atoms with Crippen molar-refractivity contribution in [3.63, 3.8) is 0 Å². The average Bonchev–Trinajstić information content (AvgIpc) is 2.93. The van der Waals surface area contributed by atoms with E-state index in [9.17, 15) is 18.0 Å². The highest BCUT2D eigenvalue weighted by atomic mass is 32.2. The van der Waals surface area contributed by atoms with Crippen LogP contribution in [0.4, 0.5) is 5.69 Å². The van der Waals surface area contributed by atoms with Crippen molar-refractivity contribution in [3.8, 4) is 5.75 Å². The number of ether oxygens (including phenoxy) is 1. The minimum absolute atomic E-state index is 0.0283. The van der Waals surface area contributed by atoms with Gasteiger partial charge in [0.25, 0.3) is 10.0 Å². The molecule has 1 unspecified atom stereocenters. The van der Waals surface area contributed by atoms with Gasteiger partial charge >= 0.3 is 0 Å². The third-order valence-corrected chi connectivity index (χ3v) is 8.12. The number of carbonyl (C=O) groups is 2. The van der Waals surface area contributed by atoms with Crippen LogP contribution in [0.25, 0.3) is 0 Å². The highest BCUT2D eigenvalue weighted by Crippen LogP contribution is 2.26. The molecule has 2 amide bonds. The molecule has 0 aliphatic rings. The Balaban J connectivity index is 1.98. The van der Waals surface area contributed by atoms with Crippen molar-refractivity contribution in [2.45, 2.75) is 52.1 Å². The Hall–Kier alpha value is -3.85. The molecule has 0 aliphatic heterocycles. The summed E-state index contributed by atoms with van der Waals surface area (Å²) in [5, 5.41) is 2.89. The zero-order valence-electron chi connectivity index (χ0n) is 23.8. The number of amides is 2. The highest BCUT2D eigenvalue weighted by molar-refractivity contribution is 7.92. The van der Waals surface area contributed by atoms with Gasteiger partial charge in [-0.3, -0.25) is 13.9 Å². The third kappa shape index (κ3) is 8.08. The van der Waals surface area contributed by atoms with Gasteiger partial charge in [0.15, 0.2) is 0 Å². The van der Waals surface area contributed by atoms with Gasteiger partial charge in [0.1, 0.15) is 18.3 Å². The number of para-hydroxylation sites is 1. The van der Waals surface area contributed by atoms with Gasteiger partial charge in [-0.05, 0) is 68.7 Å². The summed E-state index contributed by atoms with van der Waals surface area (Å²) in [7, 11) is -4.13. The van der Waals surface area contributed by atoms with Gasteiger partial charge in [-0.2, -0.15) is 0 Å². The molecule has 0 bridgehead atoms. The summed E-state index contributed by atoms with van der Waals surface area (Å²) in [5.74, 6) is 0.00154. The molecule has 0 aliphatic carbocycles. The minimum atomic E-state index is -4.13. The Labute approximate surface area is 238 Å². The average molecular weight is 566 g/mol. The molecule has 0 saturated carbocycles. The first-order valence-electron chi connectivity index (χ1n) is 13.5. The number of anilines is 1. The Bertz CT molecular complexity index is 1380. The fourth-order valence-electron chi connectivity index (χ4n) is 4.17. The van der Waals surface area contributed by atoms with E-state index in [0.717, 1.165) is 15.4 Å².